The molecular formula is C14H17N3O. The van der Waals surface area contributed by atoms with Crippen LogP contribution in [0.4, 0.5) is 10.5 Å². The van der Waals surface area contributed by atoms with Crippen LogP contribution in [0.5, 0.6) is 0 Å². The van der Waals surface area contributed by atoms with Crippen molar-refractivity contribution in [1.29, 1.82) is 0 Å². The van der Waals surface area contributed by atoms with Gasteiger partial charge in [-0.15, -0.1) is 0 Å². The SMILES string of the molecule is CCC(C)c1ccc(NC(=O)n2ccnc2)cc1. The third-order valence-corrected chi connectivity index (χ3v) is 3.08. The number of carbonyl (C=O) groups is 1. The minimum absolute atomic E-state index is 0.205. The lowest BCUT2D eigenvalue weighted by atomic mass is 9.99. The zero-order valence-corrected chi connectivity index (χ0v) is 10.6. The third-order valence-electron chi connectivity index (χ3n) is 3.08. The normalized spacial score (nSPS) is 12.1. The average molecular weight is 243 g/mol. The van der Waals surface area contributed by atoms with E-state index in [1.807, 2.05) is 12.1 Å². The Balaban J connectivity index is 2.04. The van der Waals surface area contributed by atoms with Gasteiger partial charge in [0.1, 0.15) is 6.33 Å². The van der Waals surface area contributed by atoms with Crippen LogP contribution in [-0.2, 0) is 0 Å². The molecular weight excluding hydrogens is 226 g/mol. The van der Waals surface area contributed by atoms with Gasteiger partial charge in [0, 0.05) is 18.1 Å². The van der Waals surface area contributed by atoms with Crippen LogP contribution in [0.1, 0.15) is 31.7 Å². The molecule has 0 aliphatic rings. The lowest BCUT2D eigenvalue weighted by molar-refractivity contribution is 0.253. The van der Waals surface area contributed by atoms with Crippen LogP contribution in [0.3, 0.4) is 0 Å². The zero-order chi connectivity index (χ0) is 13.0. The molecule has 0 spiro atoms. The first-order chi connectivity index (χ1) is 8.70. The second-order valence-corrected chi connectivity index (χ2v) is 4.33. The monoisotopic (exact) mass is 243 g/mol. The highest BCUT2D eigenvalue weighted by Crippen LogP contribution is 2.20. The highest BCUT2D eigenvalue weighted by Gasteiger charge is 2.05. The van der Waals surface area contributed by atoms with E-state index in [1.165, 1.54) is 16.5 Å². The fraction of sp³-hybridized carbons (Fsp3) is 0.286. The van der Waals surface area contributed by atoms with Crippen molar-refractivity contribution in [3.8, 4) is 0 Å². The number of aromatic nitrogens is 2. The van der Waals surface area contributed by atoms with Gasteiger partial charge in [-0.05, 0) is 30.0 Å². The van der Waals surface area contributed by atoms with Gasteiger partial charge in [-0.25, -0.2) is 9.78 Å². The summed E-state index contributed by atoms with van der Waals surface area (Å²) in [6.45, 7) is 4.36. The zero-order valence-electron chi connectivity index (χ0n) is 10.6. The van der Waals surface area contributed by atoms with Crippen molar-refractivity contribution < 1.29 is 4.79 Å². The molecule has 2 rings (SSSR count). The number of hydrogen-bond acceptors (Lipinski definition) is 2. The van der Waals surface area contributed by atoms with Crippen molar-refractivity contribution in [2.45, 2.75) is 26.2 Å². The summed E-state index contributed by atoms with van der Waals surface area (Å²) in [6.07, 6.45) is 5.78. The van der Waals surface area contributed by atoms with E-state index in [4.69, 9.17) is 0 Å². The molecule has 4 nitrogen and oxygen atoms in total. The molecule has 18 heavy (non-hydrogen) atoms. The molecule has 1 N–H and O–H groups in total. The van der Waals surface area contributed by atoms with Crippen molar-refractivity contribution in [1.82, 2.24) is 9.55 Å². The van der Waals surface area contributed by atoms with Crippen LogP contribution in [-0.4, -0.2) is 15.6 Å². The second kappa shape index (κ2) is 5.49. The first-order valence-corrected chi connectivity index (χ1v) is 6.10. The highest BCUT2D eigenvalue weighted by molar-refractivity contribution is 5.90. The van der Waals surface area contributed by atoms with E-state index in [0.29, 0.717) is 5.92 Å². The predicted octanol–water partition coefficient (Wildman–Crippen LogP) is 3.48. The van der Waals surface area contributed by atoms with Gasteiger partial charge in [-0.3, -0.25) is 4.57 Å². The van der Waals surface area contributed by atoms with Gasteiger partial charge < -0.3 is 5.32 Å². The summed E-state index contributed by atoms with van der Waals surface area (Å²) < 4.78 is 1.41. The maximum atomic E-state index is 11.8. The van der Waals surface area contributed by atoms with Gasteiger partial charge in [-0.2, -0.15) is 0 Å². The third kappa shape index (κ3) is 2.77. The maximum Gasteiger partial charge on any atom is 0.331 e. The quantitative estimate of drug-likeness (QED) is 0.897. The highest BCUT2D eigenvalue weighted by atomic mass is 16.2. The summed E-state index contributed by atoms with van der Waals surface area (Å²) in [5.74, 6) is 0.545. The molecule has 0 saturated carbocycles. The van der Waals surface area contributed by atoms with E-state index in [9.17, 15) is 4.79 Å². The topological polar surface area (TPSA) is 46.9 Å². The summed E-state index contributed by atoms with van der Waals surface area (Å²) in [6, 6.07) is 7.76. The molecule has 0 radical (unpaired) electrons. The Morgan fingerprint density at radius 3 is 2.67 bits per heavy atom. The number of rotatable bonds is 3. The van der Waals surface area contributed by atoms with Crippen molar-refractivity contribution in [2.24, 2.45) is 0 Å². The van der Waals surface area contributed by atoms with Crippen molar-refractivity contribution >= 4 is 11.7 Å². The first kappa shape index (κ1) is 12.4. The van der Waals surface area contributed by atoms with Gasteiger partial charge in [0.05, 0.1) is 0 Å². The number of amides is 1. The van der Waals surface area contributed by atoms with Crippen LogP contribution in [0.25, 0.3) is 0 Å². The van der Waals surface area contributed by atoms with E-state index >= 15 is 0 Å². The maximum absolute atomic E-state index is 11.8. The van der Waals surface area contributed by atoms with E-state index in [-0.39, 0.29) is 6.03 Å². The van der Waals surface area contributed by atoms with Crippen LogP contribution in [0, 0.1) is 0 Å². The van der Waals surface area contributed by atoms with Crippen LogP contribution in [0.15, 0.2) is 43.0 Å². The number of imidazole rings is 1. The smallest absolute Gasteiger partial charge is 0.307 e. The van der Waals surface area contributed by atoms with Crippen LogP contribution >= 0.6 is 0 Å². The molecule has 1 aromatic carbocycles. The van der Waals surface area contributed by atoms with Gasteiger partial charge in [0.15, 0.2) is 0 Å². The fourth-order valence-electron chi connectivity index (χ4n) is 1.70. The Morgan fingerprint density at radius 1 is 1.39 bits per heavy atom. The largest absolute Gasteiger partial charge is 0.331 e. The minimum Gasteiger partial charge on any atom is -0.307 e. The van der Waals surface area contributed by atoms with E-state index in [2.05, 4.69) is 36.3 Å². The first-order valence-electron chi connectivity index (χ1n) is 6.10. The van der Waals surface area contributed by atoms with Crippen LogP contribution < -0.4 is 5.32 Å². The molecule has 0 aliphatic heterocycles. The lowest BCUT2D eigenvalue weighted by Crippen LogP contribution is -2.17. The Morgan fingerprint density at radius 2 is 2.11 bits per heavy atom. The Labute approximate surface area is 107 Å². The Kier molecular flexibility index (Phi) is 3.77. The number of anilines is 1. The Bertz CT molecular complexity index is 502. The number of carbonyl (C=O) groups excluding carboxylic acids is 1. The predicted molar refractivity (Wildman–Crippen MR) is 71.8 cm³/mol. The summed E-state index contributed by atoms with van der Waals surface area (Å²) in [5.41, 5.74) is 2.08. The minimum atomic E-state index is -0.205. The standard InChI is InChI=1S/C14H17N3O/c1-3-11(2)12-4-6-13(7-5-12)16-14(18)17-9-8-15-10-17/h4-11H,3H2,1-2H3,(H,16,18). The van der Waals surface area contributed by atoms with Gasteiger partial charge >= 0.3 is 6.03 Å². The van der Waals surface area contributed by atoms with E-state index in [0.717, 1.165) is 12.1 Å². The molecule has 1 unspecified atom stereocenters. The number of nitrogens with one attached hydrogen (secondary N) is 1. The number of nitrogens with zero attached hydrogens (tertiary/aromatic N) is 2. The van der Waals surface area contributed by atoms with Crippen molar-refractivity contribution in [3.63, 3.8) is 0 Å². The molecule has 0 aliphatic carbocycles. The van der Waals surface area contributed by atoms with Crippen molar-refractivity contribution in [3.05, 3.63) is 48.5 Å². The fourth-order valence-corrected chi connectivity index (χ4v) is 1.70. The second-order valence-electron chi connectivity index (χ2n) is 4.33. The molecule has 4 heteroatoms. The van der Waals surface area contributed by atoms with Crippen LogP contribution in [0.2, 0.25) is 0 Å². The Hall–Kier alpha value is -2.10. The molecule has 1 aromatic heterocycles. The molecule has 0 saturated heterocycles. The average Bonchev–Trinajstić information content (AvgIpc) is 2.92. The molecule has 1 heterocycles. The number of benzene rings is 1. The molecule has 1 amide bonds. The summed E-state index contributed by atoms with van der Waals surface area (Å²) in [5, 5.41) is 2.81. The van der Waals surface area contributed by atoms with Gasteiger partial charge in [0.2, 0.25) is 0 Å². The van der Waals surface area contributed by atoms with Gasteiger partial charge in [-0.1, -0.05) is 26.0 Å². The molecule has 94 valence electrons. The molecule has 0 fully saturated rings. The van der Waals surface area contributed by atoms with E-state index in [1.54, 1.807) is 12.4 Å². The summed E-state index contributed by atoms with van der Waals surface area (Å²) >= 11 is 0. The van der Waals surface area contributed by atoms with Gasteiger partial charge in [0.25, 0.3) is 0 Å². The lowest BCUT2D eigenvalue weighted by Gasteiger charge is -2.10. The van der Waals surface area contributed by atoms with Crippen molar-refractivity contribution in [2.75, 3.05) is 5.32 Å². The summed E-state index contributed by atoms with van der Waals surface area (Å²) in [4.78, 5) is 15.6. The molecule has 0 bridgehead atoms. The molecule has 2 aromatic rings. The van der Waals surface area contributed by atoms with E-state index < -0.39 is 0 Å². The number of hydrogen-bond donors (Lipinski definition) is 1. The summed E-state index contributed by atoms with van der Waals surface area (Å²) in [7, 11) is 0. The molecule has 1 atom stereocenters.